The largest absolute Gasteiger partial charge is 0.478 e. The van der Waals surface area contributed by atoms with Gasteiger partial charge in [0.05, 0.1) is 28.5 Å². The average molecular weight is 434 g/mol. The van der Waals surface area contributed by atoms with Gasteiger partial charge >= 0.3 is 5.97 Å². The Balaban J connectivity index is 1.83. The highest BCUT2D eigenvalue weighted by molar-refractivity contribution is 7.99. The van der Waals surface area contributed by atoms with E-state index in [-0.39, 0.29) is 11.6 Å². The molecule has 0 amide bonds. The quantitative estimate of drug-likeness (QED) is 0.513. The maximum Gasteiger partial charge on any atom is 0.337 e. The number of rotatable bonds is 4. The van der Waals surface area contributed by atoms with Crippen molar-refractivity contribution in [3.63, 3.8) is 0 Å². The first-order chi connectivity index (χ1) is 13.5. The molecule has 28 heavy (non-hydrogen) atoms. The van der Waals surface area contributed by atoms with Crippen LogP contribution in [0.1, 0.15) is 22.1 Å². The van der Waals surface area contributed by atoms with Gasteiger partial charge in [-0.05, 0) is 42.5 Å². The molecule has 0 spiro atoms. The van der Waals surface area contributed by atoms with Gasteiger partial charge in [0.25, 0.3) is 0 Å². The van der Waals surface area contributed by atoms with Crippen LogP contribution < -0.4 is 10.6 Å². The number of nitrogens with zero attached hydrogens (tertiary/aromatic N) is 1. The molecule has 0 aliphatic carbocycles. The Kier molecular flexibility index (Phi) is 5.64. The first-order valence-electron chi connectivity index (χ1n) is 8.72. The zero-order valence-electron chi connectivity index (χ0n) is 14.7. The Morgan fingerprint density at radius 1 is 1.14 bits per heavy atom. The summed E-state index contributed by atoms with van der Waals surface area (Å²) in [5, 5.41) is 18.1. The summed E-state index contributed by atoms with van der Waals surface area (Å²) in [7, 11) is 0. The molecule has 5 nitrogen and oxygen atoms in total. The number of halogens is 2. The van der Waals surface area contributed by atoms with Gasteiger partial charge < -0.3 is 15.7 Å². The van der Waals surface area contributed by atoms with Crippen molar-refractivity contribution in [2.24, 2.45) is 0 Å². The minimum absolute atomic E-state index is 0.104. The third kappa shape index (κ3) is 4.05. The lowest BCUT2D eigenvalue weighted by Gasteiger charge is -2.24. The van der Waals surface area contributed by atoms with Gasteiger partial charge in [-0.15, -0.1) is 0 Å². The second kappa shape index (κ2) is 8.17. The van der Waals surface area contributed by atoms with Crippen LogP contribution in [0.5, 0.6) is 0 Å². The molecular weight excluding hydrogens is 417 g/mol. The molecule has 2 aromatic carbocycles. The number of carboxylic acid groups (broad SMARTS) is 1. The van der Waals surface area contributed by atoms with Gasteiger partial charge in [-0.1, -0.05) is 23.2 Å². The Morgan fingerprint density at radius 2 is 1.93 bits per heavy atom. The molecule has 144 valence electrons. The number of pyridine rings is 1. The van der Waals surface area contributed by atoms with Gasteiger partial charge in [0.15, 0.2) is 0 Å². The smallest absolute Gasteiger partial charge is 0.337 e. The lowest BCUT2D eigenvalue weighted by Crippen LogP contribution is -2.30. The molecule has 3 aromatic rings. The molecule has 1 unspecified atom stereocenters. The predicted molar refractivity (Wildman–Crippen MR) is 117 cm³/mol. The number of hydrogen-bond acceptors (Lipinski definition) is 5. The van der Waals surface area contributed by atoms with Crippen molar-refractivity contribution in [3.8, 4) is 0 Å². The lowest BCUT2D eigenvalue weighted by molar-refractivity contribution is 0.0698. The zero-order valence-corrected chi connectivity index (χ0v) is 17.0. The van der Waals surface area contributed by atoms with Crippen molar-refractivity contribution < 1.29 is 9.90 Å². The van der Waals surface area contributed by atoms with Crippen molar-refractivity contribution in [2.75, 3.05) is 23.4 Å². The van der Waals surface area contributed by atoms with Crippen LogP contribution in [-0.2, 0) is 0 Å². The minimum Gasteiger partial charge on any atom is -0.478 e. The van der Waals surface area contributed by atoms with Gasteiger partial charge in [0.2, 0.25) is 0 Å². The summed E-state index contributed by atoms with van der Waals surface area (Å²) in [6, 6.07) is 12.4. The summed E-state index contributed by atoms with van der Waals surface area (Å²) in [4.78, 5) is 16.5. The normalized spacial score (nSPS) is 16.9. The van der Waals surface area contributed by atoms with Crippen LogP contribution in [0.25, 0.3) is 10.9 Å². The van der Waals surface area contributed by atoms with E-state index in [9.17, 15) is 9.90 Å². The van der Waals surface area contributed by atoms with E-state index in [0.29, 0.717) is 15.7 Å². The SMILES string of the molecule is O=C(O)c1cc(Cl)ccc1Nc1cc(C2CSCCN2)nc2ccc(Cl)cc12. The first-order valence-corrected chi connectivity index (χ1v) is 10.6. The molecule has 4 rings (SSSR count). The van der Waals surface area contributed by atoms with E-state index < -0.39 is 5.97 Å². The van der Waals surface area contributed by atoms with Gasteiger partial charge in [-0.25, -0.2) is 4.79 Å². The highest BCUT2D eigenvalue weighted by atomic mass is 35.5. The number of anilines is 2. The summed E-state index contributed by atoms with van der Waals surface area (Å²) in [5.74, 6) is 0.969. The molecule has 1 aliphatic rings. The van der Waals surface area contributed by atoms with E-state index in [1.807, 2.05) is 30.0 Å². The number of aromatic carboxylic acids is 1. The standard InChI is InChI=1S/C20H17Cl2N3O2S/c21-11-1-3-15-13(7-11)17(9-18(25-15)19-10-28-6-5-23-19)24-16-4-2-12(22)8-14(16)20(26)27/h1-4,7-9,19,23H,5-6,10H2,(H,24,25)(H,26,27). The Hall–Kier alpha value is -1.99. The highest BCUT2D eigenvalue weighted by Crippen LogP contribution is 2.33. The molecule has 2 heterocycles. The third-order valence-electron chi connectivity index (χ3n) is 4.55. The van der Waals surface area contributed by atoms with Crippen LogP contribution in [0, 0.1) is 0 Å². The zero-order chi connectivity index (χ0) is 19.7. The van der Waals surface area contributed by atoms with Gasteiger partial charge in [-0.3, -0.25) is 4.98 Å². The Morgan fingerprint density at radius 3 is 2.68 bits per heavy atom. The first kappa shape index (κ1) is 19.3. The molecule has 1 saturated heterocycles. The Labute approximate surface area is 176 Å². The maximum absolute atomic E-state index is 11.7. The van der Waals surface area contributed by atoms with Crippen LogP contribution in [0.4, 0.5) is 11.4 Å². The van der Waals surface area contributed by atoms with E-state index in [4.69, 9.17) is 28.2 Å². The highest BCUT2D eigenvalue weighted by Gasteiger charge is 2.19. The van der Waals surface area contributed by atoms with Crippen molar-refractivity contribution in [1.29, 1.82) is 0 Å². The molecular formula is C20H17Cl2N3O2S. The number of carbonyl (C=O) groups is 1. The third-order valence-corrected chi connectivity index (χ3v) is 6.08. The number of fused-ring (bicyclic) bond motifs is 1. The maximum atomic E-state index is 11.7. The molecule has 1 aliphatic heterocycles. The number of nitrogens with one attached hydrogen (secondary N) is 2. The van der Waals surface area contributed by atoms with Crippen LogP contribution in [-0.4, -0.2) is 34.1 Å². The van der Waals surface area contributed by atoms with Crippen LogP contribution in [0.2, 0.25) is 10.0 Å². The van der Waals surface area contributed by atoms with Gasteiger partial charge in [-0.2, -0.15) is 11.8 Å². The van der Waals surface area contributed by atoms with E-state index in [1.165, 1.54) is 6.07 Å². The number of carboxylic acids is 1. The molecule has 3 N–H and O–H groups in total. The number of hydrogen-bond donors (Lipinski definition) is 3. The van der Waals surface area contributed by atoms with Gasteiger partial charge in [0.1, 0.15) is 0 Å². The topological polar surface area (TPSA) is 74.2 Å². The summed E-state index contributed by atoms with van der Waals surface area (Å²) >= 11 is 14.1. The number of thioether (sulfide) groups is 1. The van der Waals surface area contributed by atoms with Crippen LogP contribution in [0.15, 0.2) is 42.5 Å². The van der Waals surface area contributed by atoms with Crippen molar-refractivity contribution in [2.45, 2.75) is 6.04 Å². The molecule has 8 heteroatoms. The fraction of sp³-hybridized carbons (Fsp3) is 0.200. The van der Waals surface area contributed by atoms with E-state index >= 15 is 0 Å². The summed E-state index contributed by atoms with van der Waals surface area (Å²) in [5.41, 5.74) is 3.03. The second-order valence-electron chi connectivity index (χ2n) is 6.46. The van der Waals surface area contributed by atoms with E-state index in [1.54, 1.807) is 18.2 Å². The second-order valence-corrected chi connectivity index (χ2v) is 8.48. The fourth-order valence-electron chi connectivity index (χ4n) is 3.20. The lowest BCUT2D eigenvalue weighted by atomic mass is 10.1. The molecule has 0 saturated carbocycles. The predicted octanol–water partition coefficient (Wildman–Crippen LogP) is 5.36. The van der Waals surface area contributed by atoms with Crippen LogP contribution in [0.3, 0.4) is 0 Å². The molecule has 1 aromatic heterocycles. The summed E-state index contributed by atoms with van der Waals surface area (Å²) in [6.07, 6.45) is 0. The van der Waals surface area contributed by atoms with Crippen LogP contribution >= 0.6 is 35.0 Å². The van der Waals surface area contributed by atoms with Crippen molar-refractivity contribution in [3.05, 3.63) is 63.8 Å². The van der Waals surface area contributed by atoms with E-state index in [0.717, 1.165) is 40.3 Å². The number of benzene rings is 2. The molecule has 0 radical (unpaired) electrons. The summed E-state index contributed by atoms with van der Waals surface area (Å²) < 4.78 is 0. The summed E-state index contributed by atoms with van der Waals surface area (Å²) in [6.45, 7) is 0.929. The Bertz CT molecular complexity index is 1060. The molecule has 0 bridgehead atoms. The average Bonchev–Trinajstić information content (AvgIpc) is 2.70. The fourth-order valence-corrected chi connectivity index (χ4v) is 4.50. The minimum atomic E-state index is -1.05. The van der Waals surface area contributed by atoms with Crippen molar-refractivity contribution in [1.82, 2.24) is 10.3 Å². The number of aromatic nitrogens is 1. The van der Waals surface area contributed by atoms with Crippen molar-refractivity contribution >= 4 is 63.2 Å². The van der Waals surface area contributed by atoms with E-state index in [2.05, 4.69) is 10.6 Å². The molecule has 1 atom stereocenters. The monoisotopic (exact) mass is 433 g/mol. The molecule has 1 fully saturated rings. The van der Waals surface area contributed by atoms with Gasteiger partial charge in [0, 0.05) is 39.2 Å².